The lowest BCUT2D eigenvalue weighted by Crippen LogP contribution is -2.46. The highest BCUT2D eigenvalue weighted by Crippen LogP contribution is 2.38. The van der Waals surface area contributed by atoms with Crippen LogP contribution in [-0.4, -0.2) is 61.4 Å². The SMILES string of the molecule is C/C(=C\c1ccccc1)CN1CCC2(CC[C@@H](CNC(=O)[C@H]3CCCO3)O2)CC1. The number of hydrogen-bond donors (Lipinski definition) is 1. The predicted molar refractivity (Wildman–Crippen MR) is 115 cm³/mol. The van der Waals surface area contributed by atoms with Crippen molar-refractivity contribution in [2.45, 2.75) is 63.3 Å². The normalized spacial score (nSPS) is 27.4. The molecule has 5 nitrogen and oxygen atoms in total. The molecule has 4 rings (SSSR count). The van der Waals surface area contributed by atoms with Gasteiger partial charge in [0.25, 0.3) is 0 Å². The molecule has 0 aromatic heterocycles. The van der Waals surface area contributed by atoms with Crippen LogP contribution in [0, 0.1) is 0 Å². The molecule has 1 aromatic rings. The second-order valence-electron chi connectivity index (χ2n) is 8.89. The topological polar surface area (TPSA) is 50.8 Å². The molecule has 5 heteroatoms. The number of hydrogen-bond acceptors (Lipinski definition) is 4. The highest BCUT2D eigenvalue weighted by molar-refractivity contribution is 5.80. The van der Waals surface area contributed by atoms with Gasteiger partial charge in [0.1, 0.15) is 6.10 Å². The van der Waals surface area contributed by atoms with E-state index in [4.69, 9.17) is 9.47 Å². The van der Waals surface area contributed by atoms with Crippen LogP contribution in [0.25, 0.3) is 6.08 Å². The van der Waals surface area contributed by atoms with Crippen molar-refractivity contribution in [3.8, 4) is 0 Å². The van der Waals surface area contributed by atoms with Gasteiger partial charge in [-0.25, -0.2) is 0 Å². The summed E-state index contributed by atoms with van der Waals surface area (Å²) < 4.78 is 11.9. The minimum Gasteiger partial charge on any atom is -0.370 e. The molecule has 2 atom stereocenters. The quantitative estimate of drug-likeness (QED) is 0.798. The van der Waals surface area contributed by atoms with Crippen LogP contribution in [0.3, 0.4) is 0 Å². The summed E-state index contributed by atoms with van der Waals surface area (Å²) in [5, 5.41) is 3.04. The van der Waals surface area contributed by atoms with E-state index in [9.17, 15) is 4.79 Å². The maximum Gasteiger partial charge on any atom is 0.249 e. The third kappa shape index (κ3) is 5.47. The Kier molecular flexibility index (Phi) is 6.68. The molecule has 0 unspecified atom stereocenters. The molecule has 0 bridgehead atoms. The van der Waals surface area contributed by atoms with Crippen LogP contribution in [0.5, 0.6) is 0 Å². The van der Waals surface area contributed by atoms with Gasteiger partial charge in [-0.2, -0.15) is 0 Å². The average Bonchev–Trinajstić information content (AvgIpc) is 3.40. The van der Waals surface area contributed by atoms with Crippen molar-refractivity contribution < 1.29 is 14.3 Å². The van der Waals surface area contributed by atoms with Crippen molar-refractivity contribution in [3.63, 3.8) is 0 Å². The maximum atomic E-state index is 12.1. The van der Waals surface area contributed by atoms with E-state index in [1.54, 1.807) is 0 Å². The number of carbonyl (C=O) groups is 1. The molecule has 29 heavy (non-hydrogen) atoms. The first-order chi connectivity index (χ1) is 14.1. The van der Waals surface area contributed by atoms with Gasteiger partial charge in [-0.3, -0.25) is 9.69 Å². The van der Waals surface area contributed by atoms with Crippen molar-refractivity contribution in [2.75, 3.05) is 32.8 Å². The number of nitrogens with zero attached hydrogens (tertiary/aromatic N) is 1. The molecule has 3 heterocycles. The van der Waals surface area contributed by atoms with Crippen LogP contribution >= 0.6 is 0 Å². The number of piperidine rings is 1. The molecule has 3 aliphatic rings. The number of ether oxygens (including phenoxy) is 2. The molecule has 0 radical (unpaired) electrons. The molecule has 3 fully saturated rings. The highest BCUT2D eigenvalue weighted by Gasteiger charge is 2.42. The lowest BCUT2D eigenvalue weighted by atomic mass is 9.88. The van der Waals surface area contributed by atoms with E-state index in [2.05, 4.69) is 53.5 Å². The second kappa shape index (κ2) is 9.41. The van der Waals surface area contributed by atoms with E-state index in [0.717, 1.165) is 58.2 Å². The monoisotopic (exact) mass is 398 g/mol. The summed E-state index contributed by atoms with van der Waals surface area (Å²) >= 11 is 0. The summed E-state index contributed by atoms with van der Waals surface area (Å²) in [6.07, 6.45) is 8.32. The molecule has 158 valence electrons. The van der Waals surface area contributed by atoms with Gasteiger partial charge in [0, 0.05) is 32.8 Å². The molecule has 1 amide bonds. The van der Waals surface area contributed by atoms with E-state index in [1.165, 1.54) is 11.1 Å². The minimum atomic E-state index is -0.249. The molecule has 3 saturated heterocycles. The van der Waals surface area contributed by atoms with Crippen molar-refractivity contribution >= 4 is 12.0 Å². The lowest BCUT2D eigenvalue weighted by Gasteiger charge is -2.39. The number of likely N-dealkylation sites (tertiary alicyclic amines) is 1. The Labute approximate surface area is 174 Å². The smallest absolute Gasteiger partial charge is 0.249 e. The van der Waals surface area contributed by atoms with Gasteiger partial charge < -0.3 is 14.8 Å². The Balaban J connectivity index is 1.20. The van der Waals surface area contributed by atoms with Gasteiger partial charge in [0.2, 0.25) is 5.91 Å². The highest BCUT2D eigenvalue weighted by atomic mass is 16.5. The first-order valence-electron chi connectivity index (χ1n) is 11.1. The van der Waals surface area contributed by atoms with Crippen molar-refractivity contribution in [3.05, 3.63) is 41.5 Å². The van der Waals surface area contributed by atoms with Gasteiger partial charge in [-0.1, -0.05) is 42.0 Å². The summed E-state index contributed by atoms with van der Waals surface area (Å²) in [6.45, 7) is 6.71. The standard InChI is InChI=1S/C24H34N2O3/c1-19(16-20-6-3-2-4-7-20)18-26-13-11-24(12-14-26)10-9-21(29-24)17-25-23(27)22-8-5-15-28-22/h2-4,6-7,16,21-22H,5,8-15,17-18H2,1H3,(H,25,27)/b19-16+/t21-,22+/m0/s1. The van der Waals surface area contributed by atoms with Gasteiger partial charge >= 0.3 is 0 Å². The molecule has 0 aliphatic carbocycles. The zero-order valence-electron chi connectivity index (χ0n) is 17.6. The van der Waals surface area contributed by atoms with Crippen LogP contribution < -0.4 is 5.32 Å². The summed E-state index contributed by atoms with van der Waals surface area (Å²) in [6, 6.07) is 10.5. The predicted octanol–water partition coefficient (Wildman–Crippen LogP) is 3.40. The number of benzene rings is 1. The fraction of sp³-hybridized carbons (Fsp3) is 0.625. The molecule has 1 spiro atoms. The number of carbonyl (C=O) groups excluding carboxylic acids is 1. The van der Waals surface area contributed by atoms with Gasteiger partial charge in [-0.15, -0.1) is 0 Å². The molecule has 1 aromatic carbocycles. The maximum absolute atomic E-state index is 12.1. The minimum absolute atomic E-state index is 0.0206. The second-order valence-corrected chi connectivity index (χ2v) is 8.89. The van der Waals surface area contributed by atoms with E-state index in [1.807, 2.05) is 0 Å². The first kappa shape index (κ1) is 20.6. The zero-order chi connectivity index (χ0) is 20.1. The largest absolute Gasteiger partial charge is 0.370 e. The average molecular weight is 399 g/mol. The van der Waals surface area contributed by atoms with Crippen LogP contribution in [-0.2, 0) is 14.3 Å². The van der Waals surface area contributed by atoms with E-state index in [0.29, 0.717) is 13.2 Å². The van der Waals surface area contributed by atoms with Crippen molar-refractivity contribution in [1.29, 1.82) is 0 Å². The van der Waals surface area contributed by atoms with E-state index < -0.39 is 0 Å². The summed E-state index contributed by atoms with van der Waals surface area (Å²) in [5.41, 5.74) is 2.69. The van der Waals surface area contributed by atoms with Crippen LogP contribution in [0.15, 0.2) is 35.9 Å². The lowest BCUT2D eigenvalue weighted by molar-refractivity contribution is -0.131. The van der Waals surface area contributed by atoms with E-state index in [-0.39, 0.29) is 23.7 Å². The van der Waals surface area contributed by atoms with Crippen LogP contribution in [0.2, 0.25) is 0 Å². The molecular formula is C24H34N2O3. The van der Waals surface area contributed by atoms with Crippen LogP contribution in [0.4, 0.5) is 0 Å². The fourth-order valence-corrected chi connectivity index (χ4v) is 4.87. The Morgan fingerprint density at radius 1 is 1.21 bits per heavy atom. The molecule has 3 aliphatic heterocycles. The Hall–Kier alpha value is -1.69. The van der Waals surface area contributed by atoms with Gasteiger partial charge in [0.15, 0.2) is 0 Å². The third-order valence-corrected chi connectivity index (χ3v) is 6.52. The summed E-state index contributed by atoms with van der Waals surface area (Å²) in [4.78, 5) is 14.7. The Morgan fingerprint density at radius 3 is 2.72 bits per heavy atom. The molecular weight excluding hydrogens is 364 g/mol. The van der Waals surface area contributed by atoms with E-state index >= 15 is 0 Å². The molecule has 0 saturated carbocycles. The van der Waals surface area contributed by atoms with Gasteiger partial charge in [-0.05, 0) is 51.0 Å². The zero-order valence-corrected chi connectivity index (χ0v) is 17.6. The first-order valence-corrected chi connectivity index (χ1v) is 11.1. The van der Waals surface area contributed by atoms with Crippen molar-refractivity contribution in [2.24, 2.45) is 0 Å². The number of nitrogens with one attached hydrogen (secondary N) is 1. The number of rotatable bonds is 6. The summed E-state index contributed by atoms with van der Waals surface area (Å²) in [5.74, 6) is 0.0301. The van der Waals surface area contributed by atoms with Gasteiger partial charge in [0.05, 0.1) is 11.7 Å². The summed E-state index contributed by atoms with van der Waals surface area (Å²) in [7, 11) is 0. The molecule has 1 N–H and O–H groups in total. The van der Waals surface area contributed by atoms with Crippen molar-refractivity contribution in [1.82, 2.24) is 10.2 Å². The third-order valence-electron chi connectivity index (χ3n) is 6.52. The Morgan fingerprint density at radius 2 is 2.00 bits per heavy atom. The van der Waals surface area contributed by atoms with Crippen LogP contribution in [0.1, 0.15) is 51.0 Å². The fourth-order valence-electron chi connectivity index (χ4n) is 4.87. The Bertz CT molecular complexity index is 704. The number of amides is 1.